The molecule has 17 heteroatoms. The van der Waals surface area contributed by atoms with Crippen molar-refractivity contribution in [1.29, 1.82) is 0 Å². The van der Waals surface area contributed by atoms with Crippen molar-refractivity contribution in [2.45, 2.75) is 127 Å². The van der Waals surface area contributed by atoms with E-state index in [1.54, 1.807) is 39.4 Å². The van der Waals surface area contributed by atoms with Crippen LogP contribution < -0.4 is 39.6 Å². The maximum absolute atomic E-state index is 14.4. The summed E-state index contributed by atoms with van der Waals surface area (Å²) in [4.78, 5) is 29.5. The number of aliphatic hydroxyl groups is 1. The van der Waals surface area contributed by atoms with Gasteiger partial charge in [-0.2, -0.15) is 0 Å². The van der Waals surface area contributed by atoms with Gasteiger partial charge in [-0.05, 0) is 135 Å². The number of hydrogen-bond acceptors (Lipinski definition) is 14. The fourth-order valence-corrected chi connectivity index (χ4v) is 13.8. The van der Waals surface area contributed by atoms with Gasteiger partial charge in [0, 0.05) is 95.1 Å². The number of benzene rings is 4. The molecule has 1 spiro atoms. The van der Waals surface area contributed by atoms with E-state index in [4.69, 9.17) is 24.7 Å². The molecule has 6 N–H and O–H groups in total. The molecule has 5 aliphatic rings. The van der Waals surface area contributed by atoms with Crippen LogP contribution in [-0.2, 0) is 16.6 Å². The topological polar surface area (TPSA) is 197 Å². The summed E-state index contributed by atoms with van der Waals surface area (Å²) in [6.07, 6.45) is 10.8. The van der Waals surface area contributed by atoms with E-state index in [2.05, 4.69) is 97.1 Å². The molecule has 0 bridgehead atoms. The highest BCUT2D eigenvalue weighted by molar-refractivity contribution is 7.90. The van der Waals surface area contributed by atoms with Crippen LogP contribution in [0.1, 0.15) is 125 Å². The number of hydrogen-bond donors (Lipinski definition) is 5. The molecule has 4 fully saturated rings. The van der Waals surface area contributed by atoms with E-state index in [0.29, 0.717) is 54.5 Å². The number of pyridine rings is 1. The van der Waals surface area contributed by atoms with E-state index >= 15 is 0 Å². The third kappa shape index (κ3) is 11.0. The van der Waals surface area contributed by atoms with Gasteiger partial charge in [0.1, 0.15) is 33.5 Å². The minimum Gasteiger partial charge on any atom is -0.497 e. The summed E-state index contributed by atoms with van der Waals surface area (Å²) in [5.41, 5.74) is 12.5. The van der Waals surface area contributed by atoms with Crippen molar-refractivity contribution in [2.75, 3.05) is 62.3 Å². The molecule has 3 aliphatic heterocycles. The van der Waals surface area contributed by atoms with E-state index < -0.39 is 27.3 Å². The molecule has 2 aromatic heterocycles. The Morgan fingerprint density at radius 3 is 2.39 bits per heavy atom. The quantitative estimate of drug-likeness (QED) is 0.0609. The number of rotatable bonds is 15. The number of aromatic nitrogens is 2. The Bertz CT molecular complexity index is 3240. The van der Waals surface area contributed by atoms with Crippen molar-refractivity contribution < 1.29 is 37.3 Å². The van der Waals surface area contributed by atoms with Gasteiger partial charge in [0.2, 0.25) is 5.79 Å². The maximum Gasteiger partial charge on any atom is 0.268 e. The summed E-state index contributed by atoms with van der Waals surface area (Å²) >= 11 is 0. The second kappa shape index (κ2) is 20.7. The van der Waals surface area contributed by atoms with Crippen LogP contribution in [0.5, 0.6) is 28.7 Å². The second-order valence-electron chi connectivity index (χ2n) is 23.4. The fraction of sp³-hybridized carbons (Fsp3) is 0.467. The van der Waals surface area contributed by atoms with Crippen LogP contribution >= 0.6 is 0 Å². The van der Waals surface area contributed by atoms with Gasteiger partial charge in [0.15, 0.2) is 11.5 Å². The average molecular weight is 1070 g/mol. The molecule has 16 nitrogen and oxygen atoms in total. The van der Waals surface area contributed by atoms with Gasteiger partial charge in [-0.1, -0.05) is 50.2 Å². The first-order valence-electron chi connectivity index (χ1n) is 27.4. The minimum absolute atomic E-state index is 0.0198. The zero-order chi connectivity index (χ0) is 53.9. The standard InChI is InChI=1S/C60H74N8O8S/c1-38(2)46-9-7-8-10-47(46)50-37-66(36-40-11-14-44(73-6)15-12-40)27-28-68(50)43-32-60(33-43)22-25-67(26-23-60)42-13-16-48(51(30-42)74-45-29-41-19-24-62-56(41)64-35-45)57(69)65-77(71,72)52-31-49(61)53(55-54(52)75-58(3,4)76-55)63-34-39-17-20-59(5,70)21-18-39/h7-16,19,24,29-31,35,38-39,43,50,63,70H,17-18,20-23,25-28,32-34,36-37,61H2,1-6H3,(H,62,64)(H,65,69)/t39?,50-,59?/m0/s1. The molecular weight excluding hydrogens is 993 g/mol. The summed E-state index contributed by atoms with van der Waals surface area (Å²) in [6, 6.07) is 28.6. The number of H-pyrrole nitrogens is 1. The van der Waals surface area contributed by atoms with Crippen LogP contribution in [0.25, 0.3) is 11.0 Å². The Hall–Kier alpha value is -6.53. The van der Waals surface area contributed by atoms with Crippen molar-refractivity contribution in [1.82, 2.24) is 24.5 Å². The van der Waals surface area contributed by atoms with Gasteiger partial charge in [-0.25, -0.2) is 18.1 Å². The number of piperidine rings is 1. The molecule has 1 atom stereocenters. The minimum atomic E-state index is -4.61. The number of carbonyl (C=O) groups excluding carboxylic acids is 1. The number of ether oxygens (including phenoxy) is 4. The number of methoxy groups -OCH3 is 1. The first-order valence-corrected chi connectivity index (χ1v) is 28.9. The summed E-state index contributed by atoms with van der Waals surface area (Å²) < 4.78 is 55.4. The number of nitrogens with one attached hydrogen (secondary N) is 3. The van der Waals surface area contributed by atoms with E-state index in [9.17, 15) is 18.3 Å². The van der Waals surface area contributed by atoms with Crippen LogP contribution in [0.3, 0.4) is 0 Å². The molecule has 77 heavy (non-hydrogen) atoms. The zero-order valence-corrected chi connectivity index (χ0v) is 46.0. The summed E-state index contributed by atoms with van der Waals surface area (Å²) in [6.45, 7) is 15.9. The van der Waals surface area contributed by atoms with Gasteiger partial charge in [0.05, 0.1) is 30.2 Å². The number of fused-ring (bicyclic) bond motifs is 2. The molecule has 408 valence electrons. The van der Waals surface area contributed by atoms with Crippen molar-refractivity contribution in [3.8, 4) is 28.7 Å². The first kappa shape index (κ1) is 52.5. The normalized spacial score (nSPS) is 22.5. The average Bonchev–Trinajstić information content (AvgIpc) is 4.13. The third-order valence-corrected chi connectivity index (χ3v) is 18.4. The number of aromatic amines is 1. The lowest BCUT2D eigenvalue weighted by atomic mass is 9.59. The van der Waals surface area contributed by atoms with Crippen LogP contribution in [0.4, 0.5) is 17.1 Å². The summed E-state index contributed by atoms with van der Waals surface area (Å²) in [5.74, 6) is 0.146. The largest absolute Gasteiger partial charge is 0.497 e. The SMILES string of the molecule is COc1ccc(CN2CCN(C3CC4(CCN(c5ccc(C(=O)NS(=O)(=O)c6cc(N)c(NCC7CCC(C)(O)CC7)c7c6OC(C)(C)O7)c(Oc6cnc7[nH]ccc7c6)c5)CC4)C3)[C@H](c3ccccc3C(C)C)C2)cc1. The first-order chi connectivity index (χ1) is 36.8. The molecule has 6 aromatic rings. The molecule has 4 aromatic carbocycles. The lowest BCUT2D eigenvalue weighted by Crippen LogP contribution is -2.60. The monoisotopic (exact) mass is 1070 g/mol. The summed E-state index contributed by atoms with van der Waals surface area (Å²) in [5, 5.41) is 14.7. The van der Waals surface area contributed by atoms with E-state index in [1.165, 1.54) is 22.8 Å². The predicted octanol–water partition coefficient (Wildman–Crippen LogP) is 10.4. The van der Waals surface area contributed by atoms with Crippen molar-refractivity contribution in [3.05, 3.63) is 120 Å². The second-order valence-corrected chi connectivity index (χ2v) is 25.0. The Morgan fingerprint density at radius 1 is 0.909 bits per heavy atom. The number of anilines is 3. The Labute approximate surface area is 452 Å². The van der Waals surface area contributed by atoms with Crippen LogP contribution in [-0.4, -0.2) is 103 Å². The van der Waals surface area contributed by atoms with Gasteiger partial charge in [-0.15, -0.1) is 0 Å². The Kier molecular flexibility index (Phi) is 14.1. The lowest BCUT2D eigenvalue weighted by Gasteiger charge is -2.58. The lowest BCUT2D eigenvalue weighted by molar-refractivity contribution is -0.0628. The molecule has 5 heterocycles. The molecule has 2 saturated carbocycles. The molecule has 2 saturated heterocycles. The van der Waals surface area contributed by atoms with Gasteiger partial charge in [0.25, 0.3) is 15.9 Å². The number of amides is 1. The molecule has 1 amide bonds. The Morgan fingerprint density at radius 2 is 1.65 bits per heavy atom. The zero-order valence-electron chi connectivity index (χ0n) is 45.2. The Balaban J connectivity index is 0.799. The molecule has 0 radical (unpaired) electrons. The van der Waals surface area contributed by atoms with Crippen molar-refractivity contribution >= 4 is 44.0 Å². The molecule has 0 unspecified atom stereocenters. The van der Waals surface area contributed by atoms with Gasteiger partial charge < -0.3 is 45.0 Å². The maximum atomic E-state index is 14.4. The smallest absolute Gasteiger partial charge is 0.268 e. The predicted molar refractivity (Wildman–Crippen MR) is 300 cm³/mol. The van der Waals surface area contributed by atoms with Crippen LogP contribution in [0, 0.1) is 11.3 Å². The highest BCUT2D eigenvalue weighted by atomic mass is 32.2. The van der Waals surface area contributed by atoms with Crippen molar-refractivity contribution in [2.24, 2.45) is 11.3 Å². The summed E-state index contributed by atoms with van der Waals surface area (Å²) in [7, 11) is -2.90. The number of carbonyl (C=O) groups is 1. The third-order valence-electron chi connectivity index (χ3n) is 17.1. The molecular formula is C60H74N8O8S. The molecule has 2 aliphatic carbocycles. The van der Waals surface area contributed by atoms with Crippen molar-refractivity contribution in [3.63, 3.8) is 0 Å². The molecule has 11 rings (SSSR count). The number of sulfonamides is 1. The fourth-order valence-electron chi connectivity index (χ4n) is 12.7. The van der Waals surface area contributed by atoms with E-state index in [1.807, 2.05) is 31.2 Å². The number of nitrogens with zero attached hydrogens (tertiary/aromatic N) is 4. The van der Waals surface area contributed by atoms with E-state index in [0.717, 1.165) is 94.6 Å². The van der Waals surface area contributed by atoms with E-state index in [-0.39, 0.29) is 44.7 Å². The highest BCUT2D eigenvalue weighted by Crippen LogP contribution is 2.54. The van der Waals surface area contributed by atoms with Gasteiger partial charge >= 0.3 is 0 Å². The highest BCUT2D eigenvalue weighted by Gasteiger charge is 2.50. The number of nitrogens with two attached hydrogens (primary N) is 1. The number of nitrogen functional groups attached to an aromatic ring is 1. The van der Waals surface area contributed by atoms with Crippen LogP contribution in [0.2, 0.25) is 0 Å². The van der Waals surface area contributed by atoms with Crippen LogP contribution in [0.15, 0.2) is 102 Å². The van der Waals surface area contributed by atoms with Gasteiger partial charge in [-0.3, -0.25) is 14.6 Å². The number of piperazine rings is 1.